The van der Waals surface area contributed by atoms with Crippen molar-refractivity contribution in [2.24, 2.45) is 5.92 Å². The molecule has 3 rings (SSSR count). The molecule has 4 heteroatoms. The van der Waals surface area contributed by atoms with Gasteiger partial charge in [0.25, 0.3) is 0 Å². The van der Waals surface area contributed by atoms with Crippen LogP contribution in [0.15, 0.2) is 36.5 Å². The molecule has 1 aliphatic carbocycles. The molecule has 1 unspecified atom stereocenters. The van der Waals surface area contributed by atoms with Gasteiger partial charge in [0.1, 0.15) is 0 Å². The van der Waals surface area contributed by atoms with Gasteiger partial charge in [-0.2, -0.15) is 0 Å². The zero-order chi connectivity index (χ0) is 16.9. The molecule has 0 bridgehead atoms. The van der Waals surface area contributed by atoms with E-state index in [-0.39, 0.29) is 11.9 Å². The number of hydrogen-bond acceptors (Lipinski definition) is 3. The minimum Gasteiger partial charge on any atom is -0.490 e. The minimum atomic E-state index is -0.282. The third-order valence-electron chi connectivity index (χ3n) is 4.49. The predicted octanol–water partition coefficient (Wildman–Crippen LogP) is 4.42. The van der Waals surface area contributed by atoms with Crippen molar-refractivity contribution >= 4 is 0 Å². The van der Waals surface area contributed by atoms with Crippen LogP contribution in [0.2, 0.25) is 0 Å². The van der Waals surface area contributed by atoms with Gasteiger partial charge in [-0.1, -0.05) is 19.1 Å². The molecule has 24 heavy (non-hydrogen) atoms. The van der Waals surface area contributed by atoms with E-state index in [1.807, 2.05) is 25.3 Å². The van der Waals surface area contributed by atoms with Crippen LogP contribution >= 0.6 is 0 Å². The van der Waals surface area contributed by atoms with Gasteiger partial charge >= 0.3 is 0 Å². The summed E-state index contributed by atoms with van der Waals surface area (Å²) >= 11 is 0. The topological polar surface area (TPSA) is 34.1 Å². The van der Waals surface area contributed by atoms with Crippen molar-refractivity contribution in [3.8, 4) is 5.75 Å². The van der Waals surface area contributed by atoms with E-state index in [4.69, 9.17) is 4.74 Å². The van der Waals surface area contributed by atoms with Crippen molar-refractivity contribution in [1.82, 2.24) is 10.3 Å². The number of rotatable bonds is 8. The molecule has 1 heterocycles. The number of hydrogen-bond donors (Lipinski definition) is 1. The third-order valence-corrected chi connectivity index (χ3v) is 4.49. The first-order chi connectivity index (χ1) is 11.7. The van der Waals surface area contributed by atoms with Crippen LogP contribution in [0.3, 0.4) is 0 Å². The zero-order valence-corrected chi connectivity index (χ0v) is 14.4. The number of aromatic nitrogens is 1. The Hall–Kier alpha value is -1.94. The fourth-order valence-corrected chi connectivity index (χ4v) is 2.55. The number of nitrogens with zero attached hydrogens (tertiary/aromatic N) is 1. The first kappa shape index (κ1) is 16.9. The maximum atomic E-state index is 14.2. The molecule has 2 aromatic rings. The second-order valence-corrected chi connectivity index (χ2v) is 6.56. The first-order valence-corrected chi connectivity index (χ1v) is 8.75. The molecule has 0 amide bonds. The molecule has 1 aliphatic rings. The van der Waals surface area contributed by atoms with Crippen LogP contribution in [0.5, 0.6) is 5.75 Å². The number of ether oxygens (including phenoxy) is 1. The average molecular weight is 328 g/mol. The van der Waals surface area contributed by atoms with E-state index in [2.05, 4.69) is 23.3 Å². The van der Waals surface area contributed by atoms with Crippen LogP contribution in [0.1, 0.15) is 49.6 Å². The van der Waals surface area contributed by atoms with Crippen molar-refractivity contribution < 1.29 is 9.13 Å². The highest BCUT2D eigenvalue weighted by atomic mass is 19.1. The van der Waals surface area contributed by atoms with E-state index < -0.39 is 0 Å². The van der Waals surface area contributed by atoms with Crippen molar-refractivity contribution in [2.75, 3.05) is 6.61 Å². The predicted molar refractivity (Wildman–Crippen MR) is 93.5 cm³/mol. The molecule has 1 N–H and O–H groups in total. The van der Waals surface area contributed by atoms with Crippen molar-refractivity contribution in [3.63, 3.8) is 0 Å². The highest BCUT2D eigenvalue weighted by molar-refractivity contribution is 5.31. The first-order valence-electron chi connectivity index (χ1n) is 8.75. The molecule has 0 aliphatic heterocycles. The van der Waals surface area contributed by atoms with E-state index in [1.54, 1.807) is 12.1 Å². The van der Waals surface area contributed by atoms with Crippen molar-refractivity contribution in [1.29, 1.82) is 0 Å². The lowest BCUT2D eigenvalue weighted by Gasteiger charge is -2.16. The third kappa shape index (κ3) is 4.54. The van der Waals surface area contributed by atoms with Crippen LogP contribution < -0.4 is 10.1 Å². The molecular weight excluding hydrogens is 303 g/mol. The van der Waals surface area contributed by atoms with Crippen LogP contribution in [0, 0.1) is 11.7 Å². The molecule has 1 fully saturated rings. The highest BCUT2D eigenvalue weighted by Gasteiger charge is 2.22. The number of benzene rings is 1. The maximum Gasteiger partial charge on any atom is 0.165 e. The van der Waals surface area contributed by atoms with Crippen LogP contribution in [-0.2, 0) is 13.0 Å². The molecular formula is C20H25FN2O. The number of halogens is 1. The number of nitrogens with one attached hydrogen (secondary N) is 1. The van der Waals surface area contributed by atoms with Gasteiger partial charge in [0.2, 0.25) is 0 Å². The maximum absolute atomic E-state index is 14.2. The molecule has 1 aromatic heterocycles. The summed E-state index contributed by atoms with van der Waals surface area (Å²) in [4.78, 5) is 4.40. The summed E-state index contributed by atoms with van der Waals surface area (Å²) in [6.07, 6.45) is 5.25. The summed E-state index contributed by atoms with van der Waals surface area (Å²) in [5, 5.41) is 3.41. The van der Waals surface area contributed by atoms with Crippen LogP contribution in [0.4, 0.5) is 4.39 Å². The fourth-order valence-electron chi connectivity index (χ4n) is 2.55. The van der Waals surface area contributed by atoms with Gasteiger partial charge in [-0.05, 0) is 61.4 Å². The Kier molecular flexibility index (Phi) is 5.46. The molecule has 0 spiro atoms. The van der Waals surface area contributed by atoms with Gasteiger partial charge in [-0.3, -0.25) is 4.98 Å². The Balaban J connectivity index is 1.55. The molecule has 3 nitrogen and oxygen atoms in total. The van der Waals surface area contributed by atoms with E-state index >= 15 is 0 Å². The molecule has 1 aromatic carbocycles. The Bertz CT molecular complexity index is 668. The number of aryl methyl sites for hydroxylation is 1. The Morgan fingerprint density at radius 1 is 1.29 bits per heavy atom. The van der Waals surface area contributed by atoms with E-state index in [1.165, 1.54) is 12.8 Å². The van der Waals surface area contributed by atoms with E-state index in [9.17, 15) is 4.39 Å². The summed E-state index contributed by atoms with van der Waals surface area (Å²) < 4.78 is 19.7. The summed E-state index contributed by atoms with van der Waals surface area (Å²) in [6.45, 7) is 5.47. The Morgan fingerprint density at radius 2 is 2.12 bits per heavy atom. The summed E-state index contributed by atoms with van der Waals surface area (Å²) in [6, 6.07) is 9.43. The standard InChI is InChI=1S/C20H25FN2O/c1-3-18-8-6-16(12-23-18)11-22-14(2)17-7-9-20(19(21)10-17)24-13-15-4-5-15/h6-10,12,14-15,22H,3-5,11,13H2,1-2H3. The zero-order valence-electron chi connectivity index (χ0n) is 14.4. The molecule has 0 radical (unpaired) electrons. The second-order valence-electron chi connectivity index (χ2n) is 6.56. The van der Waals surface area contributed by atoms with Crippen molar-refractivity contribution in [2.45, 2.75) is 45.7 Å². The summed E-state index contributed by atoms with van der Waals surface area (Å²) in [7, 11) is 0. The van der Waals surface area contributed by atoms with E-state index in [0.29, 0.717) is 24.8 Å². The minimum absolute atomic E-state index is 0.0582. The lowest BCUT2D eigenvalue weighted by Crippen LogP contribution is -2.18. The van der Waals surface area contributed by atoms with Gasteiger partial charge in [0.05, 0.1) is 6.61 Å². The smallest absolute Gasteiger partial charge is 0.165 e. The fraction of sp³-hybridized carbons (Fsp3) is 0.450. The van der Waals surface area contributed by atoms with Crippen molar-refractivity contribution in [3.05, 3.63) is 59.2 Å². The average Bonchev–Trinajstić information content (AvgIpc) is 3.43. The lowest BCUT2D eigenvalue weighted by atomic mass is 10.1. The lowest BCUT2D eigenvalue weighted by molar-refractivity contribution is 0.285. The molecule has 1 atom stereocenters. The summed E-state index contributed by atoms with van der Waals surface area (Å²) in [5.41, 5.74) is 3.14. The second kappa shape index (κ2) is 7.75. The monoisotopic (exact) mass is 328 g/mol. The SMILES string of the molecule is CCc1ccc(CNC(C)c2ccc(OCC3CC3)c(F)c2)cn1. The van der Waals surface area contributed by atoms with Gasteiger partial charge in [-0.15, -0.1) is 0 Å². The normalized spacial score (nSPS) is 15.3. The van der Waals surface area contributed by atoms with Gasteiger partial charge in [-0.25, -0.2) is 4.39 Å². The Labute approximate surface area is 143 Å². The Morgan fingerprint density at radius 3 is 2.75 bits per heavy atom. The van der Waals surface area contributed by atoms with Gasteiger partial charge < -0.3 is 10.1 Å². The molecule has 0 saturated heterocycles. The summed E-state index contributed by atoms with van der Waals surface area (Å²) in [5.74, 6) is 0.699. The molecule has 1 saturated carbocycles. The quantitative estimate of drug-likeness (QED) is 0.779. The van der Waals surface area contributed by atoms with Gasteiger partial charge in [0.15, 0.2) is 11.6 Å². The van der Waals surface area contributed by atoms with Crippen LogP contribution in [0.25, 0.3) is 0 Å². The van der Waals surface area contributed by atoms with Gasteiger partial charge in [0, 0.05) is 24.5 Å². The van der Waals surface area contributed by atoms with Crippen LogP contribution in [-0.4, -0.2) is 11.6 Å². The highest BCUT2D eigenvalue weighted by Crippen LogP contribution is 2.30. The largest absolute Gasteiger partial charge is 0.490 e. The van der Waals surface area contributed by atoms with E-state index in [0.717, 1.165) is 23.2 Å². The number of pyridine rings is 1. The molecule has 128 valence electrons.